The van der Waals surface area contributed by atoms with Gasteiger partial charge in [-0.3, -0.25) is 19.7 Å². The lowest BCUT2D eigenvalue weighted by Gasteiger charge is -2.15. The summed E-state index contributed by atoms with van der Waals surface area (Å²) in [6, 6.07) is 13.2. The van der Waals surface area contributed by atoms with Crippen molar-refractivity contribution in [1.82, 2.24) is 14.9 Å². The molecule has 0 saturated carbocycles. The fourth-order valence-corrected chi connectivity index (χ4v) is 3.28. The van der Waals surface area contributed by atoms with Crippen molar-refractivity contribution in [3.05, 3.63) is 77.9 Å². The van der Waals surface area contributed by atoms with E-state index in [4.69, 9.17) is 9.47 Å². The number of para-hydroxylation sites is 2. The maximum absolute atomic E-state index is 11.8. The number of hydrogen-bond acceptors (Lipinski definition) is 7. The molecule has 172 valence electrons. The monoisotopic (exact) mass is 451 g/mol. The van der Waals surface area contributed by atoms with Gasteiger partial charge in [-0.15, -0.1) is 0 Å². The second kappa shape index (κ2) is 11.1. The van der Waals surface area contributed by atoms with Crippen molar-refractivity contribution in [2.75, 3.05) is 0 Å². The quantitative estimate of drug-likeness (QED) is 0.357. The first kappa shape index (κ1) is 23.7. The van der Waals surface area contributed by atoms with E-state index < -0.39 is 23.9 Å². The van der Waals surface area contributed by atoms with Gasteiger partial charge in [0, 0.05) is 44.1 Å². The molecule has 9 heteroatoms. The fourth-order valence-electron chi connectivity index (χ4n) is 3.28. The molecule has 0 aliphatic carbocycles. The third-order valence-corrected chi connectivity index (χ3v) is 4.74. The van der Waals surface area contributed by atoms with E-state index in [9.17, 15) is 19.5 Å². The number of imidazole rings is 1. The molecule has 2 N–H and O–H groups in total. The van der Waals surface area contributed by atoms with Gasteiger partial charge in [0.2, 0.25) is 0 Å². The molecular weight excluding hydrogens is 426 g/mol. The summed E-state index contributed by atoms with van der Waals surface area (Å²) in [4.78, 5) is 38.7. The second-order valence-electron chi connectivity index (χ2n) is 7.42. The maximum atomic E-state index is 11.8. The van der Waals surface area contributed by atoms with Crippen molar-refractivity contribution in [3.8, 4) is 11.5 Å². The molecule has 1 atom stereocenters. The lowest BCUT2D eigenvalue weighted by Crippen LogP contribution is -2.38. The number of nitrogens with one attached hydrogen (secondary N) is 1. The molecule has 9 nitrogen and oxygen atoms in total. The standard InChI is InChI=1S/C24H25N3O6/c1-16(28)32-22-9-5-3-7-18(22)12-25-21(24(30)31)11-20-14-27(15-26-20)13-19-8-4-6-10-23(19)33-17(2)29/h3-10,14-15,21,25H,11-13H2,1-2H3,(H,30,31)/t21-/m0/s1. The molecule has 3 rings (SSSR count). The average Bonchev–Trinajstić information content (AvgIpc) is 3.19. The van der Waals surface area contributed by atoms with Gasteiger partial charge in [-0.2, -0.15) is 0 Å². The van der Waals surface area contributed by atoms with Crippen molar-refractivity contribution in [2.24, 2.45) is 0 Å². The molecule has 3 aromatic rings. The summed E-state index contributed by atoms with van der Waals surface area (Å²) in [5, 5.41) is 12.6. The van der Waals surface area contributed by atoms with Crippen LogP contribution in [0.4, 0.5) is 0 Å². The van der Waals surface area contributed by atoms with Crippen LogP contribution in [0.2, 0.25) is 0 Å². The zero-order valence-corrected chi connectivity index (χ0v) is 18.4. The van der Waals surface area contributed by atoms with Crippen LogP contribution in [0.15, 0.2) is 61.1 Å². The molecule has 0 bridgehead atoms. The summed E-state index contributed by atoms with van der Waals surface area (Å²) in [5.74, 6) is -1.01. The van der Waals surface area contributed by atoms with Crippen LogP contribution in [0, 0.1) is 0 Å². The summed E-state index contributed by atoms with van der Waals surface area (Å²) in [6.45, 7) is 3.27. The highest BCUT2D eigenvalue weighted by Crippen LogP contribution is 2.20. The highest BCUT2D eigenvalue weighted by atomic mass is 16.5. The van der Waals surface area contributed by atoms with Crippen LogP contribution in [-0.4, -0.2) is 38.6 Å². The average molecular weight is 451 g/mol. The van der Waals surface area contributed by atoms with E-state index in [0.717, 1.165) is 5.56 Å². The lowest BCUT2D eigenvalue weighted by molar-refractivity contribution is -0.139. The summed E-state index contributed by atoms with van der Waals surface area (Å²) >= 11 is 0. The van der Waals surface area contributed by atoms with Crippen molar-refractivity contribution in [3.63, 3.8) is 0 Å². The number of carboxylic acid groups (broad SMARTS) is 1. The number of hydrogen-bond donors (Lipinski definition) is 2. The van der Waals surface area contributed by atoms with Gasteiger partial charge in [0.25, 0.3) is 0 Å². The van der Waals surface area contributed by atoms with Crippen molar-refractivity contribution >= 4 is 17.9 Å². The van der Waals surface area contributed by atoms with Crippen molar-refractivity contribution in [1.29, 1.82) is 0 Å². The number of ether oxygens (including phenoxy) is 2. The molecule has 0 aliphatic rings. The van der Waals surface area contributed by atoms with Crippen molar-refractivity contribution < 1.29 is 29.0 Å². The van der Waals surface area contributed by atoms with E-state index in [1.54, 1.807) is 53.5 Å². The molecule has 0 spiro atoms. The molecule has 1 aromatic heterocycles. The Morgan fingerprint density at radius 3 is 2.15 bits per heavy atom. The predicted octanol–water partition coefficient (Wildman–Crippen LogP) is 2.57. The zero-order valence-electron chi connectivity index (χ0n) is 18.4. The maximum Gasteiger partial charge on any atom is 0.321 e. The molecule has 0 fully saturated rings. The first-order chi connectivity index (χ1) is 15.8. The Labute approximate surface area is 191 Å². The van der Waals surface area contributed by atoms with Gasteiger partial charge < -0.3 is 19.1 Å². The normalized spacial score (nSPS) is 11.6. The minimum absolute atomic E-state index is 0.156. The van der Waals surface area contributed by atoms with Crippen LogP contribution in [0.25, 0.3) is 0 Å². The molecule has 33 heavy (non-hydrogen) atoms. The zero-order chi connectivity index (χ0) is 23.8. The Hall–Kier alpha value is -3.98. The first-order valence-corrected chi connectivity index (χ1v) is 10.3. The SMILES string of the molecule is CC(=O)Oc1ccccc1CN[C@@H](Cc1cn(Cc2ccccc2OC(C)=O)cn1)C(=O)O. The predicted molar refractivity (Wildman–Crippen MR) is 119 cm³/mol. The summed E-state index contributed by atoms with van der Waals surface area (Å²) in [7, 11) is 0. The van der Waals surface area contributed by atoms with E-state index in [-0.39, 0.29) is 13.0 Å². The van der Waals surface area contributed by atoms with Gasteiger partial charge in [0.1, 0.15) is 17.5 Å². The number of aromatic nitrogens is 2. The number of carbonyl (C=O) groups is 3. The van der Waals surface area contributed by atoms with Gasteiger partial charge in [-0.05, 0) is 12.1 Å². The molecular formula is C24H25N3O6. The molecule has 0 amide bonds. The Kier molecular flexibility index (Phi) is 7.93. The Balaban J connectivity index is 1.66. The summed E-state index contributed by atoms with van der Waals surface area (Å²) in [5.41, 5.74) is 2.06. The first-order valence-electron chi connectivity index (χ1n) is 10.3. The van der Waals surface area contributed by atoms with Gasteiger partial charge in [0.15, 0.2) is 0 Å². The topological polar surface area (TPSA) is 120 Å². The third kappa shape index (κ3) is 7.01. The summed E-state index contributed by atoms with van der Waals surface area (Å²) in [6.07, 6.45) is 3.52. The number of carbonyl (C=O) groups excluding carboxylic acids is 2. The lowest BCUT2D eigenvalue weighted by atomic mass is 10.1. The number of nitrogens with zero attached hydrogens (tertiary/aromatic N) is 2. The Morgan fingerprint density at radius 1 is 0.970 bits per heavy atom. The second-order valence-corrected chi connectivity index (χ2v) is 7.42. The number of esters is 2. The van der Waals surface area contributed by atoms with E-state index in [1.807, 2.05) is 12.1 Å². The van der Waals surface area contributed by atoms with Crippen LogP contribution in [0.1, 0.15) is 30.7 Å². The van der Waals surface area contributed by atoms with E-state index in [1.165, 1.54) is 13.8 Å². The van der Waals surface area contributed by atoms with E-state index >= 15 is 0 Å². The van der Waals surface area contributed by atoms with Crippen LogP contribution >= 0.6 is 0 Å². The molecule has 2 aromatic carbocycles. The largest absolute Gasteiger partial charge is 0.480 e. The Morgan fingerprint density at radius 2 is 1.55 bits per heavy atom. The van der Waals surface area contributed by atoms with Gasteiger partial charge in [0.05, 0.1) is 18.6 Å². The number of rotatable bonds is 10. The number of benzene rings is 2. The van der Waals surface area contributed by atoms with Crippen LogP contribution in [0.5, 0.6) is 11.5 Å². The van der Waals surface area contributed by atoms with Gasteiger partial charge >= 0.3 is 17.9 Å². The molecule has 0 aliphatic heterocycles. The molecule has 0 unspecified atom stereocenters. The number of aliphatic carboxylic acids is 1. The van der Waals surface area contributed by atoms with Crippen LogP contribution in [0.3, 0.4) is 0 Å². The minimum atomic E-state index is -1.02. The summed E-state index contributed by atoms with van der Waals surface area (Å²) < 4.78 is 12.2. The molecule has 0 radical (unpaired) electrons. The van der Waals surface area contributed by atoms with E-state index in [0.29, 0.717) is 29.3 Å². The van der Waals surface area contributed by atoms with Crippen molar-refractivity contribution in [2.45, 2.75) is 39.4 Å². The smallest absolute Gasteiger partial charge is 0.321 e. The van der Waals surface area contributed by atoms with Gasteiger partial charge in [-0.25, -0.2) is 4.98 Å². The highest BCUT2D eigenvalue weighted by molar-refractivity contribution is 5.74. The fraction of sp³-hybridized carbons (Fsp3) is 0.250. The van der Waals surface area contributed by atoms with Gasteiger partial charge in [-0.1, -0.05) is 36.4 Å². The van der Waals surface area contributed by atoms with Crippen LogP contribution in [-0.2, 0) is 33.9 Å². The minimum Gasteiger partial charge on any atom is -0.480 e. The molecule has 1 heterocycles. The highest BCUT2D eigenvalue weighted by Gasteiger charge is 2.20. The third-order valence-electron chi connectivity index (χ3n) is 4.74. The van der Waals surface area contributed by atoms with E-state index in [2.05, 4.69) is 10.3 Å². The number of carboxylic acids is 1. The van der Waals surface area contributed by atoms with Crippen LogP contribution < -0.4 is 14.8 Å². The Bertz CT molecular complexity index is 1140. The molecule has 0 saturated heterocycles.